The number of hydrogen-bond acceptors (Lipinski definition) is 4. The van der Waals surface area contributed by atoms with Gasteiger partial charge in [0.05, 0.1) is 6.10 Å². The number of nitrogens with zero attached hydrogens (tertiary/aromatic N) is 2. The minimum absolute atomic E-state index is 0.0228. The number of likely N-dealkylation sites (N-methyl/N-ethyl adjacent to an activating group) is 1. The fraction of sp³-hybridized carbons (Fsp3) is 0.533. The smallest absolute Gasteiger partial charge is 0.260 e. The normalized spacial score (nSPS) is 17.6. The summed E-state index contributed by atoms with van der Waals surface area (Å²) < 4.78 is 5.57. The lowest BCUT2D eigenvalue weighted by atomic mass is 10.1. The maximum atomic E-state index is 12.1. The summed E-state index contributed by atoms with van der Waals surface area (Å²) in [4.78, 5) is 16.1. The lowest BCUT2D eigenvalue weighted by molar-refractivity contribution is -0.134. The molecule has 0 unspecified atom stereocenters. The predicted molar refractivity (Wildman–Crippen MR) is 81.7 cm³/mol. The third-order valence-corrected chi connectivity index (χ3v) is 3.86. The number of ether oxygens (including phenoxy) is 1. The molecule has 1 heterocycles. The largest absolute Gasteiger partial charge is 0.483 e. The molecule has 0 bridgehead atoms. The topological polar surface area (TPSA) is 53.0 Å². The molecule has 5 nitrogen and oxygen atoms in total. The molecule has 0 radical (unpaired) electrons. The zero-order valence-electron chi connectivity index (χ0n) is 12.4. The summed E-state index contributed by atoms with van der Waals surface area (Å²) in [6, 6.07) is 5.02. The van der Waals surface area contributed by atoms with Gasteiger partial charge in [0, 0.05) is 36.8 Å². The van der Waals surface area contributed by atoms with Crippen LogP contribution in [-0.4, -0.2) is 60.6 Å². The SMILES string of the molecule is C[C@@H](O)c1cc(Cl)ccc1OCC(=O)N1CCN(C)CC1. The third-order valence-electron chi connectivity index (χ3n) is 3.63. The molecule has 0 aliphatic carbocycles. The number of carbonyl (C=O) groups excluding carboxylic acids is 1. The van der Waals surface area contributed by atoms with E-state index in [1.54, 1.807) is 30.0 Å². The van der Waals surface area contributed by atoms with Gasteiger partial charge >= 0.3 is 0 Å². The van der Waals surface area contributed by atoms with Crippen molar-refractivity contribution in [2.75, 3.05) is 39.8 Å². The Morgan fingerprint density at radius 1 is 1.38 bits per heavy atom. The quantitative estimate of drug-likeness (QED) is 0.916. The Morgan fingerprint density at radius 3 is 2.67 bits per heavy atom. The molecule has 116 valence electrons. The van der Waals surface area contributed by atoms with Gasteiger partial charge in [-0.1, -0.05) is 11.6 Å². The monoisotopic (exact) mass is 312 g/mol. The summed E-state index contributed by atoms with van der Waals surface area (Å²) in [7, 11) is 2.04. The van der Waals surface area contributed by atoms with Crippen molar-refractivity contribution in [3.8, 4) is 5.75 Å². The van der Waals surface area contributed by atoms with Crippen LogP contribution in [0, 0.1) is 0 Å². The molecule has 1 fully saturated rings. The first kappa shape index (κ1) is 16.1. The van der Waals surface area contributed by atoms with Gasteiger partial charge in [-0.3, -0.25) is 4.79 Å². The molecule has 0 aromatic heterocycles. The summed E-state index contributed by atoms with van der Waals surface area (Å²) >= 11 is 5.91. The standard InChI is InChI=1S/C15H21ClN2O3/c1-11(19)13-9-12(16)3-4-14(13)21-10-15(20)18-7-5-17(2)6-8-18/h3-4,9,11,19H,5-8,10H2,1-2H3/t11-/m1/s1. The third kappa shape index (κ3) is 4.33. The van der Waals surface area contributed by atoms with Gasteiger partial charge in [-0.25, -0.2) is 0 Å². The lowest BCUT2D eigenvalue weighted by Crippen LogP contribution is -2.48. The predicted octanol–water partition coefficient (Wildman–Crippen LogP) is 1.55. The Morgan fingerprint density at radius 2 is 2.05 bits per heavy atom. The van der Waals surface area contributed by atoms with E-state index in [-0.39, 0.29) is 12.5 Å². The van der Waals surface area contributed by atoms with E-state index in [2.05, 4.69) is 4.90 Å². The fourth-order valence-corrected chi connectivity index (χ4v) is 2.44. The van der Waals surface area contributed by atoms with Crippen molar-refractivity contribution in [3.63, 3.8) is 0 Å². The molecule has 1 aliphatic rings. The summed E-state index contributed by atoms with van der Waals surface area (Å²) in [5.41, 5.74) is 0.591. The van der Waals surface area contributed by atoms with Crippen molar-refractivity contribution in [2.45, 2.75) is 13.0 Å². The molecule has 0 spiro atoms. The molecular weight excluding hydrogens is 292 g/mol. The van der Waals surface area contributed by atoms with Gasteiger partial charge < -0.3 is 19.6 Å². The van der Waals surface area contributed by atoms with E-state index in [0.717, 1.165) is 26.2 Å². The number of hydrogen-bond donors (Lipinski definition) is 1. The van der Waals surface area contributed by atoms with E-state index in [9.17, 15) is 9.90 Å². The van der Waals surface area contributed by atoms with E-state index >= 15 is 0 Å². The van der Waals surface area contributed by atoms with Crippen LogP contribution in [0.3, 0.4) is 0 Å². The molecule has 1 aromatic carbocycles. The van der Waals surface area contributed by atoms with Gasteiger partial charge in [0.25, 0.3) is 5.91 Å². The molecule has 1 aromatic rings. The Kier molecular flexibility index (Phi) is 5.45. The van der Waals surface area contributed by atoms with Crippen molar-refractivity contribution in [1.29, 1.82) is 0 Å². The number of rotatable bonds is 4. The second-order valence-electron chi connectivity index (χ2n) is 5.33. The summed E-state index contributed by atoms with van der Waals surface area (Å²) in [5, 5.41) is 10.3. The van der Waals surface area contributed by atoms with Crippen LogP contribution in [0.5, 0.6) is 5.75 Å². The molecule has 1 N–H and O–H groups in total. The lowest BCUT2D eigenvalue weighted by Gasteiger charge is -2.32. The van der Waals surface area contributed by atoms with Crippen LogP contribution < -0.4 is 4.74 Å². The van der Waals surface area contributed by atoms with Crippen molar-refractivity contribution in [1.82, 2.24) is 9.80 Å². The first-order chi connectivity index (χ1) is 9.97. The Hall–Kier alpha value is -1.30. The molecule has 2 rings (SSSR count). The molecule has 1 amide bonds. The van der Waals surface area contributed by atoms with Crippen LogP contribution in [0.15, 0.2) is 18.2 Å². The van der Waals surface area contributed by atoms with Gasteiger partial charge in [-0.2, -0.15) is 0 Å². The first-order valence-corrected chi connectivity index (χ1v) is 7.42. The zero-order chi connectivity index (χ0) is 15.4. The molecule has 1 aliphatic heterocycles. The average Bonchev–Trinajstić information content (AvgIpc) is 2.46. The molecular formula is C15H21ClN2O3. The van der Waals surface area contributed by atoms with Crippen LogP contribution in [0.25, 0.3) is 0 Å². The van der Waals surface area contributed by atoms with E-state index in [4.69, 9.17) is 16.3 Å². The fourth-order valence-electron chi connectivity index (χ4n) is 2.26. The highest BCUT2D eigenvalue weighted by atomic mass is 35.5. The number of amides is 1. The van der Waals surface area contributed by atoms with Crippen LogP contribution >= 0.6 is 11.6 Å². The number of aliphatic hydroxyl groups is 1. The Bertz CT molecular complexity index is 500. The van der Waals surface area contributed by atoms with E-state index in [0.29, 0.717) is 16.3 Å². The highest BCUT2D eigenvalue weighted by molar-refractivity contribution is 6.30. The van der Waals surface area contributed by atoms with Crippen molar-refractivity contribution in [3.05, 3.63) is 28.8 Å². The maximum absolute atomic E-state index is 12.1. The zero-order valence-corrected chi connectivity index (χ0v) is 13.1. The Balaban J connectivity index is 1.95. The van der Waals surface area contributed by atoms with E-state index < -0.39 is 6.10 Å². The van der Waals surface area contributed by atoms with Crippen molar-refractivity contribution in [2.24, 2.45) is 0 Å². The number of piperazine rings is 1. The first-order valence-electron chi connectivity index (χ1n) is 7.04. The second kappa shape index (κ2) is 7.11. The molecule has 0 saturated carbocycles. The summed E-state index contributed by atoms with van der Waals surface area (Å²) in [6.07, 6.45) is -0.697. The molecule has 6 heteroatoms. The highest BCUT2D eigenvalue weighted by Crippen LogP contribution is 2.28. The van der Waals surface area contributed by atoms with Crippen LogP contribution in [-0.2, 0) is 4.79 Å². The van der Waals surface area contributed by atoms with Crippen LogP contribution in [0.2, 0.25) is 5.02 Å². The molecule has 1 atom stereocenters. The number of halogens is 1. The number of carbonyl (C=O) groups is 1. The van der Waals surface area contributed by atoms with Gasteiger partial charge in [0.1, 0.15) is 5.75 Å². The van der Waals surface area contributed by atoms with Crippen molar-refractivity contribution >= 4 is 17.5 Å². The summed E-state index contributed by atoms with van der Waals surface area (Å²) in [5.74, 6) is 0.464. The summed E-state index contributed by atoms with van der Waals surface area (Å²) in [6.45, 7) is 4.83. The Labute approximate surface area is 130 Å². The maximum Gasteiger partial charge on any atom is 0.260 e. The number of aliphatic hydroxyl groups excluding tert-OH is 1. The van der Waals surface area contributed by atoms with Gasteiger partial charge in [-0.15, -0.1) is 0 Å². The molecule has 21 heavy (non-hydrogen) atoms. The minimum atomic E-state index is -0.697. The average molecular weight is 313 g/mol. The molecule has 1 saturated heterocycles. The van der Waals surface area contributed by atoms with Crippen LogP contribution in [0.4, 0.5) is 0 Å². The minimum Gasteiger partial charge on any atom is -0.483 e. The number of benzene rings is 1. The van der Waals surface area contributed by atoms with E-state index in [1.165, 1.54) is 0 Å². The van der Waals surface area contributed by atoms with E-state index in [1.807, 2.05) is 7.05 Å². The van der Waals surface area contributed by atoms with Crippen LogP contribution in [0.1, 0.15) is 18.6 Å². The van der Waals surface area contributed by atoms with Crippen molar-refractivity contribution < 1.29 is 14.6 Å². The highest BCUT2D eigenvalue weighted by Gasteiger charge is 2.20. The second-order valence-corrected chi connectivity index (χ2v) is 5.77. The van der Waals surface area contributed by atoms with Gasteiger partial charge in [0.2, 0.25) is 0 Å². The van der Waals surface area contributed by atoms with Gasteiger partial charge in [0.15, 0.2) is 6.61 Å². The van der Waals surface area contributed by atoms with Gasteiger partial charge in [-0.05, 0) is 32.2 Å².